The molecule has 2 heterocycles. The number of nitrogens with zero attached hydrogens (tertiary/aromatic N) is 1. The molecule has 3 fully saturated rings. The molecule has 28 heavy (non-hydrogen) atoms. The lowest BCUT2D eigenvalue weighted by Crippen LogP contribution is -2.64. The quantitative estimate of drug-likeness (QED) is 0.581. The minimum Gasteiger partial charge on any atom is -0.469 e. The van der Waals surface area contributed by atoms with Crippen LogP contribution in [-0.4, -0.2) is 55.6 Å². The number of hydrogen-bond acceptors (Lipinski definition) is 5. The van der Waals surface area contributed by atoms with Gasteiger partial charge in [0.05, 0.1) is 19.6 Å². The Morgan fingerprint density at radius 1 is 1.32 bits per heavy atom. The first-order valence-electron chi connectivity index (χ1n) is 11.2. The predicted molar refractivity (Wildman–Crippen MR) is 105 cm³/mol. The maximum Gasteiger partial charge on any atom is 0.309 e. The largest absolute Gasteiger partial charge is 0.469 e. The van der Waals surface area contributed by atoms with Gasteiger partial charge in [0.25, 0.3) is 0 Å². The van der Waals surface area contributed by atoms with Crippen molar-refractivity contribution in [1.29, 1.82) is 0 Å². The molecule has 3 aliphatic carbocycles. The number of carbonyl (C=O) groups excluding carboxylic acids is 1. The van der Waals surface area contributed by atoms with Gasteiger partial charge in [-0.05, 0) is 63.8 Å². The Labute approximate surface area is 168 Å². The molecule has 5 nitrogen and oxygen atoms in total. The zero-order chi connectivity index (χ0) is 19.7. The maximum absolute atomic E-state index is 12.8. The van der Waals surface area contributed by atoms with Gasteiger partial charge < -0.3 is 19.5 Å². The Morgan fingerprint density at radius 2 is 2.11 bits per heavy atom. The molecule has 0 aromatic heterocycles. The standard InChI is InChI=1S/C23H35NO4/c1-4-23(26)10-9-21(14-28-23)16-7-5-15-6-8-17-18(20(25)27-3)11-22(21,19(15)17)13-24(2)12-16/h16-18,26H,4-14H2,1-3H3/t16-,17-,18-,21-,22-,23+/m1/s1. The van der Waals surface area contributed by atoms with Gasteiger partial charge in [0.1, 0.15) is 0 Å². The summed E-state index contributed by atoms with van der Waals surface area (Å²) in [7, 11) is 3.78. The topological polar surface area (TPSA) is 59.0 Å². The normalized spacial score (nSPS) is 47.9. The van der Waals surface area contributed by atoms with Crippen LogP contribution in [0.3, 0.4) is 0 Å². The number of ether oxygens (including phenoxy) is 2. The zero-order valence-corrected chi connectivity index (χ0v) is 17.6. The molecule has 2 spiro atoms. The van der Waals surface area contributed by atoms with Crippen molar-refractivity contribution in [3.8, 4) is 0 Å². The second kappa shape index (κ2) is 6.29. The summed E-state index contributed by atoms with van der Waals surface area (Å²) in [5.74, 6) is -0.0810. The molecular formula is C23H35NO4. The van der Waals surface area contributed by atoms with Gasteiger partial charge in [-0.1, -0.05) is 18.1 Å². The molecule has 2 aliphatic heterocycles. The van der Waals surface area contributed by atoms with Crippen LogP contribution in [-0.2, 0) is 14.3 Å². The van der Waals surface area contributed by atoms with Gasteiger partial charge >= 0.3 is 5.97 Å². The molecule has 0 amide bonds. The van der Waals surface area contributed by atoms with E-state index in [0.29, 0.717) is 31.3 Å². The lowest BCUT2D eigenvalue weighted by atomic mass is 9.50. The monoisotopic (exact) mass is 389 g/mol. The van der Waals surface area contributed by atoms with Crippen molar-refractivity contribution in [3.05, 3.63) is 11.1 Å². The third kappa shape index (κ3) is 2.33. The number of hydrogen-bond donors (Lipinski definition) is 1. The molecule has 5 aliphatic rings. The smallest absolute Gasteiger partial charge is 0.309 e. The van der Waals surface area contributed by atoms with E-state index in [1.807, 2.05) is 6.92 Å². The van der Waals surface area contributed by atoms with Crippen molar-refractivity contribution in [3.63, 3.8) is 0 Å². The van der Waals surface area contributed by atoms with Crippen molar-refractivity contribution < 1.29 is 19.4 Å². The summed E-state index contributed by atoms with van der Waals surface area (Å²) in [5.41, 5.74) is 3.31. The molecular weight excluding hydrogens is 354 g/mol. The number of allylic oxidation sites excluding steroid dienone is 1. The highest BCUT2D eigenvalue weighted by Gasteiger charge is 2.69. The first-order valence-corrected chi connectivity index (χ1v) is 11.2. The van der Waals surface area contributed by atoms with Crippen molar-refractivity contribution in [2.75, 3.05) is 33.9 Å². The average Bonchev–Trinajstić information content (AvgIpc) is 3.23. The van der Waals surface area contributed by atoms with Crippen LogP contribution in [0.25, 0.3) is 0 Å². The molecule has 2 saturated heterocycles. The molecule has 156 valence electrons. The van der Waals surface area contributed by atoms with Crippen LogP contribution in [0, 0.1) is 28.6 Å². The van der Waals surface area contributed by atoms with Crippen molar-refractivity contribution >= 4 is 5.97 Å². The van der Waals surface area contributed by atoms with E-state index < -0.39 is 5.79 Å². The van der Waals surface area contributed by atoms with Crippen LogP contribution < -0.4 is 0 Å². The molecule has 0 aromatic rings. The van der Waals surface area contributed by atoms with Crippen molar-refractivity contribution in [2.24, 2.45) is 28.6 Å². The Hall–Kier alpha value is -0.910. The van der Waals surface area contributed by atoms with Crippen LogP contribution in [0.2, 0.25) is 0 Å². The highest BCUT2D eigenvalue weighted by molar-refractivity contribution is 5.75. The third-order valence-corrected chi connectivity index (χ3v) is 9.30. The molecule has 0 radical (unpaired) electrons. The lowest BCUT2D eigenvalue weighted by molar-refractivity contribution is -0.284. The van der Waals surface area contributed by atoms with Gasteiger partial charge in [-0.3, -0.25) is 4.79 Å². The van der Waals surface area contributed by atoms with E-state index in [2.05, 4.69) is 11.9 Å². The van der Waals surface area contributed by atoms with E-state index in [1.54, 1.807) is 11.1 Å². The van der Waals surface area contributed by atoms with Gasteiger partial charge in [-0.2, -0.15) is 0 Å². The summed E-state index contributed by atoms with van der Waals surface area (Å²) in [6, 6.07) is 0. The fraction of sp³-hybridized carbons (Fsp3) is 0.870. The summed E-state index contributed by atoms with van der Waals surface area (Å²) in [6.07, 6.45) is 7.92. The van der Waals surface area contributed by atoms with E-state index in [4.69, 9.17) is 9.47 Å². The summed E-state index contributed by atoms with van der Waals surface area (Å²) >= 11 is 0. The number of esters is 1. The number of methoxy groups -OCH3 is 1. The van der Waals surface area contributed by atoms with Crippen LogP contribution in [0.15, 0.2) is 11.1 Å². The maximum atomic E-state index is 12.8. The Morgan fingerprint density at radius 3 is 2.79 bits per heavy atom. The van der Waals surface area contributed by atoms with E-state index in [0.717, 1.165) is 38.8 Å². The molecule has 0 unspecified atom stereocenters. The number of aliphatic hydroxyl groups is 1. The van der Waals surface area contributed by atoms with E-state index in [1.165, 1.54) is 20.0 Å². The number of rotatable bonds is 2. The fourth-order valence-corrected chi connectivity index (χ4v) is 8.02. The number of carbonyl (C=O) groups is 1. The Balaban J connectivity index is 1.64. The van der Waals surface area contributed by atoms with E-state index >= 15 is 0 Å². The van der Waals surface area contributed by atoms with Crippen LogP contribution in [0.4, 0.5) is 0 Å². The number of likely N-dealkylation sites (tertiary alicyclic amines) is 1. The first-order chi connectivity index (χ1) is 13.4. The molecule has 1 saturated carbocycles. The second-order valence-corrected chi connectivity index (χ2v) is 10.3. The summed E-state index contributed by atoms with van der Waals surface area (Å²) < 4.78 is 11.5. The van der Waals surface area contributed by atoms with E-state index in [9.17, 15) is 9.90 Å². The Bertz CT molecular complexity index is 707. The number of piperidine rings is 1. The second-order valence-electron chi connectivity index (χ2n) is 10.3. The summed E-state index contributed by atoms with van der Waals surface area (Å²) in [4.78, 5) is 15.3. The molecule has 1 N–H and O–H groups in total. The van der Waals surface area contributed by atoms with Gasteiger partial charge in [0.15, 0.2) is 5.79 Å². The predicted octanol–water partition coefficient (Wildman–Crippen LogP) is 3.12. The molecule has 0 aromatic carbocycles. The van der Waals surface area contributed by atoms with Gasteiger partial charge in [0, 0.05) is 30.3 Å². The van der Waals surface area contributed by atoms with E-state index in [-0.39, 0.29) is 22.7 Å². The molecule has 2 bridgehead atoms. The molecule has 5 heteroatoms. The molecule has 5 rings (SSSR count). The van der Waals surface area contributed by atoms with Crippen LogP contribution in [0.5, 0.6) is 0 Å². The summed E-state index contributed by atoms with van der Waals surface area (Å²) in [6.45, 7) is 4.76. The lowest BCUT2D eigenvalue weighted by Gasteiger charge is -2.61. The minimum atomic E-state index is -0.971. The van der Waals surface area contributed by atoms with Crippen LogP contribution >= 0.6 is 0 Å². The Kier molecular flexibility index (Phi) is 4.29. The van der Waals surface area contributed by atoms with Gasteiger partial charge in [-0.25, -0.2) is 0 Å². The highest BCUT2D eigenvalue weighted by Crippen LogP contribution is 2.71. The third-order valence-electron chi connectivity index (χ3n) is 9.30. The first kappa shape index (κ1) is 19.1. The summed E-state index contributed by atoms with van der Waals surface area (Å²) in [5, 5.41) is 10.8. The van der Waals surface area contributed by atoms with Crippen LogP contribution in [0.1, 0.15) is 58.3 Å². The average molecular weight is 390 g/mol. The highest BCUT2D eigenvalue weighted by atomic mass is 16.6. The van der Waals surface area contributed by atoms with Gasteiger partial charge in [-0.15, -0.1) is 0 Å². The van der Waals surface area contributed by atoms with Crippen molar-refractivity contribution in [2.45, 2.75) is 64.1 Å². The fourth-order valence-electron chi connectivity index (χ4n) is 8.02. The van der Waals surface area contributed by atoms with Gasteiger partial charge in [0.2, 0.25) is 0 Å². The van der Waals surface area contributed by atoms with Crippen molar-refractivity contribution in [1.82, 2.24) is 4.90 Å². The zero-order valence-electron chi connectivity index (χ0n) is 17.6. The SMILES string of the molecule is CC[C@@]1(O)CC[C@@]2(CO1)[C@@H]1CCC3=C4[C@H](CC3)[C@H](C(=O)OC)C[C@@]42CN(C)C1. The minimum absolute atomic E-state index is 0.00555. The molecule has 6 atom stereocenters.